The second-order valence-corrected chi connectivity index (χ2v) is 6.20. The Morgan fingerprint density at radius 3 is 2.41 bits per heavy atom. The van der Waals surface area contributed by atoms with Crippen LogP contribution in [-0.2, 0) is 0 Å². The molecular formula is C11H20N4OS. The van der Waals surface area contributed by atoms with E-state index in [0.717, 1.165) is 6.54 Å². The van der Waals surface area contributed by atoms with Crippen LogP contribution in [0.1, 0.15) is 34.6 Å². The van der Waals surface area contributed by atoms with Crippen molar-refractivity contribution in [1.82, 2.24) is 15.0 Å². The lowest BCUT2D eigenvalue weighted by Crippen LogP contribution is -2.11. The average Bonchev–Trinajstić information content (AvgIpc) is 2.15. The Morgan fingerprint density at radius 1 is 1.18 bits per heavy atom. The fraction of sp³-hybridized carbons (Fsp3) is 0.727. The van der Waals surface area contributed by atoms with Crippen LogP contribution in [0.3, 0.4) is 0 Å². The third-order valence-electron chi connectivity index (χ3n) is 1.60. The summed E-state index contributed by atoms with van der Waals surface area (Å²) >= 11 is 1.60. The van der Waals surface area contributed by atoms with Crippen LogP contribution in [0.5, 0.6) is 6.01 Å². The van der Waals surface area contributed by atoms with Crippen molar-refractivity contribution in [2.75, 3.05) is 18.5 Å². The lowest BCUT2D eigenvalue weighted by Gasteiger charge is -2.16. The number of thioether (sulfide) groups is 1. The van der Waals surface area contributed by atoms with Crippen LogP contribution in [-0.4, -0.2) is 32.9 Å². The highest BCUT2D eigenvalue weighted by Gasteiger charge is 2.16. The maximum absolute atomic E-state index is 5.33. The summed E-state index contributed by atoms with van der Waals surface area (Å²) in [6.45, 7) is 11.6. The van der Waals surface area contributed by atoms with E-state index in [9.17, 15) is 0 Å². The van der Waals surface area contributed by atoms with Crippen LogP contribution < -0.4 is 10.1 Å². The number of anilines is 1. The van der Waals surface area contributed by atoms with Crippen molar-refractivity contribution in [3.05, 3.63) is 0 Å². The third kappa shape index (κ3) is 5.21. The van der Waals surface area contributed by atoms with Crippen molar-refractivity contribution >= 4 is 17.7 Å². The number of ether oxygens (including phenoxy) is 1. The van der Waals surface area contributed by atoms with Crippen molar-refractivity contribution in [1.29, 1.82) is 0 Å². The van der Waals surface area contributed by atoms with Gasteiger partial charge in [0.25, 0.3) is 0 Å². The van der Waals surface area contributed by atoms with E-state index in [-0.39, 0.29) is 4.75 Å². The predicted molar refractivity (Wildman–Crippen MR) is 70.8 cm³/mol. The Labute approximate surface area is 107 Å². The molecule has 1 aromatic heterocycles. The van der Waals surface area contributed by atoms with E-state index in [2.05, 4.69) is 41.0 Å². The molecule has 0 amide bonds. The molecule has 1 heterocycles. The van der Waals surface area contributed by atoms with Crippen molar-refractivity contribution < 1.29 is 4.74 Å². The molecule has 0 saturated heterocycles. The van der Waals surface area contributed by atoms with Gasteiger partial charge in [0.1, 0.15) is 0 Å². The van der Waals surface area contributed by atoms with E-state index in [0.29, 0.717) is 23.7 Å². The molecule has 0 aliphatic carbocycles. The SMILES string of the molecule is CCNc1nc(OCC)nc(SC(C)(C)C)n1. The maximum atomic E-state index is 5.33. The molecule has 0 aliphatic heterocycles. The van der Waals surface area contributed by atoms with E-state index < -0.39 is 0 Å². The molecule has 0 aliphatic rings. The Kier molecular flexibility index (Phi) is 4.99. The molecule has 1 N–H and O–H groups in total. The molecule has 6 heteroatoms. The molecule has 0 atom stereocenters. The van der Waals surface area contributed by atoms with E-state index in [4.69, 9.17) is 4.74 Å². The van der Waals surface area contributed by atoms with Gasteiger partial charge in [0, 0.05) is 11.3 Å². The normalized spacial score (nSPS) is 11.4. The Balaban J connectivity index is 2.94. The number of aromatic nitrogens is 3. The van der Waals surface area contributed by atoms with Crippen LogP contribution in [0.25, 0.3) is 0 Å². The summed E-state index contributed by atoms with van der Waals surface area (Å²) in [5.74, 6) is 0.567. The van der Waals surface area contributed by atoms with Gasteiger partial charge in [-0.15, -0.1) is 0 Å². The molecule has 17 heavy (non-hydrogen) atoms. The van der Waals surface area contributed by atoms with Crippen LogP contribution in [0.4, 0.5) is 5.95 Å². The molecule has 1 rings (SSSR count). The van der Waals surface area contributed by atoms with Gasteiger partial charge >= 0.3 is 6.01 Å². The Hall–Kier alpha value is -1.04. The van der Waals surface area contributed by atoms with Crippen LogP contribution in [0, 0.1) is 0 Å². The summed E-state index contributed by atoms with van der Waals surface area (Å²) in [7, 11) is 0. The monoisotopic (exact) mass is 256 g/mol. The van der Waals surface area contributed by atoms with Crippen molar-refractivity contribution in [3.8, 4) is 6.01 Å². The van der Waals surface area contributed by atoms with E-state index in [1.807, 2.05) is 13.8 Å². The first-order valence-electron chi connectivity index (χ1n) is 5.76. The lowest BCUT2D eigenvalue weighted by atomic mass is 10.3. The summed E-state index contributed by atoms with van der Waals surface area (Å²) < 4.78 is 5.40. The minimum absolute atomic E-state index is 0.0638. The predicted octanol–water partition coefficient (Wildman–Crippen LogP) is 2.59. The summed E-state index contributed by atoms with van der Waals surface area (Å²) in [6.07, 6.45) is 0. The van der Waals surface area contributed by atoms with Gasteiger partial charge < -0.3 is 10.1 Å². The van der Waals surface area contributed by atoms with Gasteiger partial charge in [0.05, 0.1) is 6.61 Å². The number of hydrogen-bond donors (Lipinski definition) is 1. The first-order valence-corrected chi connectivity index (χ1v) is 6.58. The largest absolute Gasteiger partial charge is 0.464 e. The first kappa shape index (κ1) is 14.0. The molecule has 5 nitrogen and oxygen atoms in total. The Morgan fingerprint density at radius 2 is 1.88 bits per heavy atom. The summed E-state index contributed by atoms with van der Waals surface area (Å²) in [5.41, 5.74) is 0. The Bertz CT molecular complexity index is 341. The van der Waals surface area contributed by atoms with E-state index in [1.165, 1.54) is 0 Å². The molecule has 96 valence electrons. The zero-order valence-corrected chi connectivity index (χ0v) is 11.9. The van der Waals surface area contributed by atoms with Gasteiger partial charge in [0.2, 0.25) is 5.95 Å². The second kappa shape index (κ2) is 6.05. The molecule has 0 radical (unpaired) electrons. The summed E-state index contributed by atoms with van der Waals surface area (Å²) in [4.78, 5) is 12.8. The fourth-order valence-electron chi connectivity index (χ4n) is 1.09. The number of nitrogens with zero attached hydrogens (tertiary/aromatic N) is 3. The van der Waals surface area contributed by atoms with E-state index >= 15 is 0 Å². The minimum atomic E-state index is 0.0638. The highest BCUT2D eigenvalue weighted by atomic mass is 32.2. The quantitative estimate of drug-likeness (QED) is 0.817. The van der Waals surface area contributed by atoms with Gasteiger partial charge in [-0.25, -0.2) is 0 Å². The summed E-state index contributed by atoms with van der Waals surface area (Å²) in [5, 5.41) is 3.76. The molecule has 0 spiro atoms. The zero-order valence-electron chi connectivity index (χ0n) is 11.1. The molecule has 0 bridgehead atoms. The van der Waals surface area contributed by atoms with Gasteiger partial charge in [0.15, 0.2) is 5.16 Å². The molecule has 0 unspecified atom stereocenters. The first-order chi connectivity index (χ1) is 7.94. The van der Waals surface area contributed by atoms with Crippen LogP contribution in [0.2, 0.25) is 0 Å². The number of nitrogens with one attached hydrogen (secondary N) is 1. The lowest BCUT2D eigenvalue weighted by molar-refractivity contribution is 0.308. The average molecular weight is 256 g/mol. The fourth-order valence-corrected chi connectivity index (χ4v) is 1.89. The molecule has 1 aromatic rings. The molecular weight excluding hydrogens is 236 g/mol. The highest BCUT2D eigenvalue weighted by Crippen LogP contribution is 2.30. The van der Waals surface area contributed by atoms with Gasteiger partial charge in [-0.2, -0.15) is 15.0 Å². The molecule has 0 fully saturated rings. The van der Waals surface area contributed by atoms with Gasteiger partial charge in [-0.05, 0) is 13.8 Å². The highest BCUT2D eigenvalue weighted by molar-refractivity contribution is 8.00. The van der Waals surface area contributed by atoms with Gasteiger partial charge in [-0.3, -0.25) is 0 Å². The van der Waals surface area contributed by atoms with E-state index in [1.54, 1.807) is 11.8 Å². The number of hydrogen-bond acceptors (Lipinski definition) is 6. The minimum Gasteiger partial charge on any atom is -0.464 e. The van der Waals surface area contributed by atoms with Crippen molar-refractivity contribution in [2.24, 2.45) is 0 Å². The molecule has 0 saturated carbocycles. The topological polar surface area (TPSA) is 59.9 Å². The molecule has 0 aromatic carbocycles. The van der Waals surface area contributed by atoms with Crippen LogP contribution in [0.15, 0.2) is 5.16 Å². The summed E-state index contributed by atoms with van der Waals surface area (Å²) in [6, 6.07) is 0.380. The van der Waals surface area contributed by atoms with Crippen LogP contribution >= 0.6 is 11.8 Å². The zero-order chi connectivity index (χ0) is 12.9. The standard InChI is InChI=1S/C11H20N4OS/c1-6-12-8-13-9(16-7-2)15-10(14-8)17-11(3,4)5/h6-7H2,1-5H3,(H,12,13,14,15). The van der Waals surface area contributed by atoms with Crippen molar-refractivity contribution in [3.63, 3.8) is 0 Å². The third-order valence-corrected chi connectivity index (χ3v) is 2.58. The maximum Gasteiger partial charge on any atom is 0.322 e. The van der Waals surface area contributed by atoms with Crippen molar-refractivity contribution in [2.45, 2.75) is 44.5 Å². The smallest absolute Gasteiger partial charge is 0.322 e. The van der Waals surface area contributed by atoms with Gasteiger partial charge in [-0.1, -0.05) is 32.5 Å². The second-order valence-electron chi connectivity index (χ2n) is 4.40. The number of rotatable bonds is 5.